The Balaban J connectivity index is 1.28. The van der Waals surface area contributed by atoms with E-state index in [0.717, 1.165) is 44.5 Å². The number of rotatable bonds is 1. The van der Waals surface area contributed by atoms with Gasteiger partial charge in [-0.15, -0.1) is 0 Å². The van der Waals surface area contributed by atoms with Crippen molar-refractivity contribution in [3.05, 3.63) is 82.8 Å². The predicted molar refractivity (Wildman–Crippen MR) is 144 cm³/mol. The van der Waals surface area contributed by atoms with Gasteiger partial charge in [-0.3, -0.25) is 4.90 Å². The van der Waals surface area contributed by atoms with Gasteiger partial charge in [-0.1, -0.05) is 36.4 Å². The summed E-state index contributed by atoms with van der Waals surface area (Å²) in [6.07, 6.45) is 5.10. The molecule has 2 aromatic heterocycles. The molecule has 0 radical (unpaired) electrons. The topological polar surface area (TPSA) is 64.4 Å². The quantitative estimate of drug-likeness (QED) is 0.366. The number of para-hydroxylation sites is 2. The van der Waals surface area contributed by atoms with Crippen LogP contribution >= 0.6 is 0 Å². The van der Waals surface area contributed by atoms with Crippen molar-refractivity contribution < 1.29 is 9.53 Å². The SMILES string of the molecule is COC(=O)C1=CN2CCc3c([nH]c4ccccc34)[C@]2(C)[C@@H]2CN3CCc4c([nH]c5ccccc45)[C@@H]3C[C@H]12. The Bertz CT molecular complexity index is 1610. The zero-order valence-corrected chi connectivity index (χ0v) is 21.4. The number of esters is 1. The summed E-state index contributed by atoms with van der Waals surface area (Å²) in [4.78, 5) is 25.9. The maximum Gasteiger partial charge on any atom is 0.335 e. The number of hydrogen-bond donors (Lipinski definition) is 2. The van der Waals surface area contributed by atoms with Gasteiger partial charge in [-0.2, -0.15) is 0 Å². The summed E-state index contributed by atoms with van der Waals surface area (Å²) in [5, 5.41) is 2.69. The summed E-state index contributed by atoms with van der Waals surface area (Å²) in [6.45, 7) is 5.32. The van der Waals surface area contributed by atoms with Gasteiger partial charge in [0.1, 0.15) is 0 Å². The maximum absolute atomic E-state index is 13.2. The molecule has 4 atom stereocenters. The highest BCUT2D eigenvalue weighted by Gasteiger charge is 2.56. The third-order valence-electron chi connectivity index (χ3n) is 10.0. The highest BCUT2D eigenvalue weighted by molar-refractivity contribution is 5.90. The lowest BCUT2D eigenvalue weighted by atomic mass is 9.62. The molecule has 1 saturated heterocycles. The van der Waals surface area contributed by atoms with Crippen LogP contribution in [0.4, 0.5) is 0 Å². The first-order chi connectivity index (χ1) is 18.1. The Morgan fingerprint density at radius 3 is 2.46 bits per heavy atom. The van der Waals surface area contributed by atoms with E-state index < -0.39 is 0 Å². The number of ether oxygens (including phenoxy) is 1. The second-order valence-corrected chi connectivity index (χ2v) is 11.5. The van der Waals surface area contributed by atoms with Gasteiger partial charge < -0.3 is 19.6 Å². The molecule has 4 aliphatic heterocycles. The number of nitrogens with one attached hydrogen (secondary N) is 2. The second-order valence-electron chi connectivity index (χ2n) is 11.5. The van der Waals surface area contributed by atoms with Gasteiger partial charge in [0.2, 0.25) is 0 Å². The fraction of sp³-hybridized carbons (Fsp3) is 0.387. The van der Waals surface area contributed by atoms with Crippen molar-refractivity contribution in [1.82, 2.24) is 19.8 Å². The number of nitrogens with zero attached hydrogens (tertiary/aromatic N) is 2. The third-order valence-corrected chi connectivity index (χ3v) is 10.0. The Morgan fingerprint density at radius 1 is 0.973 bits per heavy atom. The lowest BCUT2D eigenvalue weighted by Gasteiger charge is -2.59. The molecule has 6 heterocycles. The molecule has 188 valence electrons. The molecule has 6 nitrogen and oxygen atoms in total. The number of methoxy groups -OCH3 is 1. The Morgan fingerprint density at radius 2 is 1.68 bits per heavy atom. The molecule has 0 unspecified atom stereocenters. The molecule has 8 rings (SSSR count). The van der Waals surface area contributed by atoms with E-state index >= 15 is 0 Å². The van der Waals surface area contributed by atoms with Crippen LogP contribution in [-0.2, 0) is 27.9 Å². The van der Waals surface area contributed by atoms with E-state index in [9.17, 15) is 4.79 Å². The first kappa shape index (κ1) is 21.6. The molecule has 2 aromatic carbocycles. The van der Waals surface area contributed by atoms with Crippen LogP contribution in [-0.4, -0.2) is 52.5 Å². The Labute approximate surface area is 216 Å². The average Bonchev–Trinajstić information content (AvgIpc) is 3.51. The van der Waals surface area contributed by atoms with E-state index in [1.165, 1.54) is 51.4 Å². The number of aromatic amines is 2. The fourth-order valence-electron chi connectivity index (χ4n) is 8.23. The van der Waals surface area contributed by atoms with Gasteiger partial charge in [-0.05, 0) is 49.4 Å². The summed E-state index contributed by atoms with van der Waals surface area (Å²) in [5.74, 6) is 0.228. The van der Waals surface area contributed by atoms with Gasteiger partial charge in [0.25, 0.3) is 0 Å². The zero-order chi connectivity index (χ0) is 24.9. The summed E-state index contributed by atoms with van der Waals surface area (Å²) < 4.78 is 5.36. The molecule has 6 heteroatoms. The van der Waals surface area contributed by atoms with Gasteiger partial charge in [0.15, 0.2) is 0 Å². The molecule has 0 saturated carbocycles. The monoisotopic (exact) mass is 492 g/mol. The third kappa shape index (κ3) is 2.77. The molecule has 2 N–H and O–H groups in total. The van der Waals surface area contributed by atoms with Gasteiger partial charge in [0, 0.05) is 70.9 Å². The predicted octanol–water partition coefficient (Wildman–Crippen LogP) is 5.03. The van der Waals surface area contributed by atoms with E-state index in [0.29, 0.717) is 0 Å². The highest BCUT2D eigenvalue weighted by atomic mass is 16.5. The van der Waals surface area contributed by atoms with Crippen molar-refractivity contribution in [2.45, 2.75) is 37.8 Å². The molecule has 0 spiro atoms. The van der Waals surface area contributed by atoms with Crippen molar-refractivity contribution >= 4 is 27.8 Å². The Hall–Kier alpha value is -3.51. The minimum atomic E-state index is -0.208. The van der Waals surface area contributed by atoms with E-state index in [1.807, 2.05) is 0 Å². The number of piperidine rings is 1. The van der Waals surface area contributed by atoms with Crippen LogP contribution in [0, 0.1) is 11.8 Å². The van der Waals surface area contributed by atoms with Crippen LogP contribution in [0.15, 0.2) is 60.3 Å². The lowest BCUT2D eigenvalue weighted by Crippen LogP contribution is -2.62. The van der Waals surface area contributed by atoms with Crippen molar-refractivity contribution in [2.24, 2.45) is 11.8 Å². The van der Waals surface area contributed by atoms with Crippen molar-refractivity contribution in [3.8, 4) is 0 Å². The van der Waals surface area contributed by atoms with Crippen molar-refractivity contribution in [2.75, 3.05) is 26.7 Å². The van der Waals surface area contributed by atoms with E-state index in [4.69, 9.17) is 4.74 Å². The van der Waals surface area contributed by atoms with Crippen LogP contribution in [0.1, 0.15) is 41.9 Å². The highest BCUT2D eigenvalue weighted by Crippen LogP contribution is 2.56. The molecular formula is C31H32N4O2. The number of hydrogen-bond acceptors (Lipinski definition) is 4. The smallest absolute Gasteiger partial charge is 0.335 e. The fourth-order valence-corrected chi connectivity index (χ4v) is 8.23. The molecule has 1 fully saturated rings. The van der Waals surface area contributed by atoms with Gasteiger partial charge in [0.05, 0.1) is 24.3 Å². The molecule has 0 amide bonds. The summed E-state index contributed by atoms with van der Waals surface area (Å²) in [6, 6.07) is 17.6. The second kappa shape index (κ2) is 7.51. The molecule has 0 aliphatic carbocycles. The number of H-pyrrole nitrogens is 2. The average molecular weight is 493 g/mol. The summed E-state index contributed by atoms with van der Waals surface area (Å²) in [7, 11) is 1.52. The van der Waals surface area contributed by atoms with Gasteiger partial charge in [-0.25, -0.2) is 4.79 Å². The first-order valence-corrected chi connectivity index (χ1v) is 13.6. The van der Waals surface area contributed by atoms with Crippen LogP contribution in [0.2, 0.25) is 0 Å². The van der Waals surface area contributed by atoms with Crippen molar-refractivity contribution in [1.29, 1.82) is 0 Å². The van der Waals surface area contributed by atoms with E-state index in [2.05, 4.69) is 81.4 Å². The van der Waals surface area contributed by atoms with Crippen LogP contribution < -0.4 is 0 Å². The van der Waals surface area contributed by atoms with E-state index in [1.54, 1.807) is 0 Å². The largest absolute Gasteiger partial charge is 0.466 e. The molecule has 4 aromatic rings. The number of carbonyl (C=O) groups excluding carboxylic acids is 1. The van der Waals surface area contributed by atoms with E-state index in [-0.39, 0.29) is 29.4 Å². The lowest BCUT2D eigenvalue weighted by molar-refractivity contribution is -0.139. The number of aromatic nitrogens is 2. The van der Waals surface area contributed by atoms with Crippen LogP contribution in [0.5, 0.6) is 0 Å². The number of carbonyl (C=O) groups is 1. The number of fused-ring (bicyclic) bond motifs is 12. The minimum absolute atomic E-state index is 0.129. The Kier molecular flexibility index (Phi) is 4.38. The minimum Gasteiger partial charge on any atom is -0.466 e. The van der Waals surface area contributed by atoms with Crippen LogP contribution in [0.25, 0.3) is 21.8 Å². The zero-order valence-electron chi connectivity index (χ0n) is 21.4. The summed E-state index contributed by atoms with van der Waals surface area (Å²) >= 11 is 0. The summed E-state index contributed by atoms with van der Waals surface area (Å²) in [5.41, 5.74) is 8.64. The molecular weight excluding hydrogens is 460 g/mol. The molecule has 37 heavy (non-hydrogen) atoms. The number of benzene rings is 2. The molecule has 0 bridgehead atoms. The normalized spacial score (nSPS) is 28.6. The van der Waals surface area contributed by atoms with Crippen molar-refractivity contribution in [3.63, 3.8) is 0 Å². The first-order valence-electron chi connectivity index (χ1n) is 13.6. The standard InChI is InChI=1S/C31H32N4O2/c1-31-24-17-34-13-11-20-18-7-3-5-9-25(18)32-28(20)27(34)15-22(24)23(30(36)37-2)16-35(31)14-12-21-19-8-4-6-10-26(19)33-29(21)31/h3-10,16,22,24,27,32-33H,11-15,17H2,1-2H3/t22-,24-,27+,31+/m1/s1. The maximum atomic E-state index is 13.2. The van der Waals surface area contributed by atoms with Crippen LogP contribution in [0.3, 0.4) is 0 Å². The van der Waals surface area contributed by atoms with Gasteiger partial charge >= 0.3 is 5.97 Å². The molecule has 4 aliphatic rings.